The van der Waals surface area contributed by atoms with Crippen LogP contribution in [0.5, 0.6) is 0 Å². The standard InChI is InChI=1S/C25H27N3O2/c1-2-19-8-4-6-13-23(19)26-24(29)18-27-14-16-28(17-15-27)25(30)22-12-7-10-20-9-3-5-11-21(20)22/h3-13H,2,14-18H2,1H3,(H,26,29). The number of aryl methyl sites for hydroxylation is 1. The Balaban J connectivity index is 1.34. The molecule has 0 saturated carbocycles. The molecule has 0 spiro atoms. The number of carbonyl (C=O) groups is 2. The van der Waals surface area contributed by atoms with Crippen LogP contribution in [-0.4, -0.2) is 54.3 Å². The highest BCUT2D eigenvalue weighted by atomic mass is 16.2. The highest BCUT2D eigenvalue weighted by Crippen LogP contribution is 2.21. The van der Waals surface area contributed by atoms with Gasteiger partial charge in [0.1, 0.15) is 0 Å². The molecule has 0 aliphatic carbocycles. The van der Waals surface area contributed by atoms with Crippen molar-refractivity contribution in [3.8, 4) is 0 Å². The quantitative estimate of drug-likeness (QED) is 0.708. The van der Waals surface area contributed by atoms with E-state index in [4.69, 9.17) is 0 Å². The number of nitrogens with one attached hydrogen (secondary N) is 1. The molecule has 3 aromatic carbocycles. The highest BCUT2D eigenvalue weighted by Gasteiger charge is 2.24. The van der Waals surface area contributed by atoms with Crippen molar-refractivity contribution in [2.24, 2.45) is 0 Å². The van der Waals surface area contributed by atoms with Gasteiger partial charge in [0.15, 0.2) is 0 Å². The predicted octanol–water partition coefficient (Wildman–Crippen LogP) is 3.80. The SMILES string of the molecule is CCc1ccccc1NC(=O)CN1CCN(C(=O)c2cccc3ccccc23)CC1. The number of nitrogens with zero attached hydrogens (tertiary/aromatic N) is 2. The molecule has 1 heterocycles. The number of benzene rings is 3. The fourth-order valence-electron chi connectivity index (χ4n) is 4.03. The second-order valence-electron chi connectivity index (χ2n) is 7.65. The van der Waals surface area contributed by atoms with Gasteiger partial charge in [0.25, 0.3) is 5.91 Å². The molecule has 0 atom stereocenters. The van der Waals surface area contributed by atoms with E-state index in [1.165, 1.54) is 0 Å². The Kier molecular flexibility index (Phi) is 6.10. The first kappa shape index (κ1) is 20.1. The van der Waals surface area contributed by atoms with Crippen molar-refractivity contribution in [2.75, 3.05) is 38.0 Å². The first-order valence-corrected chi connectivity index (χ1v) is 10.5. The molecule has 1 aliphatic heterocycles. The summed E-state index contributed by atoms with van der Waals surface area (Å²) in [5.74, 6) is 0.0532. The maximum atomic E-state index is 13.1. The summed E-state index contributed by atoms with van der Waals surface area (Å²) in [5, 5.41) is 5.09. The average molecular weight is 402 g/mol. The van der Waals surface area contributed by atoms with Gasteiger partial charge in [-0.25, -0.2) is 0 Å². The lowest BCUT2D eigenvalue weighted by molar-refractivity contribution is -0.117. The molecule has 30 heavy (non-hydrogen) atoms. The molecule has 3 aromatic rings. The van der Waals surface area contributed by atoms with Gasteiger partial charge in [-0.05, 0) is 34.9 Å². The second-order valence-corrected chi connectivity index (χ2v) is 7.65. The van der Waals surface area contributed by atoms with Crippen LogP contribution in [0.15, 0.2) is 66.7 Å². The third kappa shape index (κ3) is 4.36. The van der Waals surface area contributed by atoms with Gasteiger partial charge >= 0.3 is 0 Å². The van der Waals surface area contributed by atoms with Gasteiger partial charge in [-0.1, -0.05) is 61.5 Å². The summed E-state index contributed by atoms with van der Waals surface area (Å²) >= 11 is 0. The van der Waals surface area contributed by atoms with Crippen LogP contribution in [0.4, 0.5) is 5.69 Å². The van der Waals surface area contributed by atoms with Crippen LogP contribution in [0.25, 0.3) is 10.8 Å². The molecule has 2 amide bonds. The minimum atomic E-state index is -0.00951. The molecule has 1 aliphatic rings. The molecule has 0 bridgehead atoms. The monoisotopic (exact) mass is 401 g/mol. The van der Waals surface area contributed by atoms with E-state index in [9.17, 15) is 9.59 Å². The van der Waals surface area contributed by atoms with Crippen molar-refractivity contribution >= 4 is 28.3 Å². The zero-order chi connectivity index (χ0) is 20.9. The van der Waals surface area contributed by atoms with Gasteiger partial charge in [0, 0.05) is 37.4 Å². The summed E-state index contributed by atoms with van der Waals surface area (Å²) in [4.78, 5) is 29.6. The van der Waals surface area contributed by atoms with E-state index in [2.05, 4.69) is 17.1 Å². The summed E-state index contributed by atoms with van der Waals surface area (Å²) in [5.41, 5.74) is 2.77. The van der Waals surface area contributed by atoms with E-state index < -0.39 is 0 Å². The lowest BCUT2D eigenvalue weighted by atomic mass is 10.0. The third-order valence-electron chi connectivity index (χ3n) is 5.72. The van der Waals surface area contributed by atoms with Gasteiger partial charge in [-0.2, -0.15) is 0 Å². The van der Waals surface area contributed by atoms with E-state index >= 15 is 0 Å². The van der Waals surface area contributed by atoms with Crippen molar-refractivity contribution in [3.05, 3.63) is 77.9 Å². The van der Waals surface area contributed by atoms with Crippen molar-refractivity contribution < 1.29 is 9.59 Å². The van der Waals surface area contributed by atoms with Crippen LogP contribution in [0.3, 0.4) is 0 Å². The van der Waals surface area contributed by atoms with Gasteiger partial charge < -0.3 is 10.2 Å². The number of carbonyl (C=O) groups excluding carboxylic acids is 2. The summed E-state index contributed by atoms with van der Waals surface area (Å²) in [6.45, 7) is 5.06. The summed E-state index contributed by atoms with van der Waals surface area (Å²) in [6, 6.07) is 21.7. The smallest absolute Gasteiger partial charge is 0.254 e. The molecule has 154 valence electrons. The minimum Gasteiger partial charge on any atom is -0.336 e. The van der Waals surface area contributed by atoms with E-state index in [1.807, 2.05) is 71.6 Å². The average Bonchev–Trinajstić information content (AvgIpc) is 2.79. The van der Waals surface area contributed by atoms with E-state index in [1.54, 1.807) is 0 Å². The van der Waals surface area contributed by atoms with Crippen LogP contribution in [0.2, 0.25) is 0 Å². The first-order valence-electron chi connectivity index (χ1n) is 10.5. The fourth-order valence-corrected chi connectivity index (χ4v) is 4.03. The number of amides is 2. The Morgan fingerprint density at radius 3 is 2.37 bits per heavy atom. The third-order valence-corrected chi connectivity index (χ3v) is 5.72. The normalized spacial score (nSPS) is 14.6. The number of piperazine rings is 1. The molecule has 0 unspecified atom stereocenters. The molecule has 1 N–H and O–H groups in total. The van der Waals surface area contributed by atoms with Gasteiger partial charge in [0.05, 0.1) is 6.54 Å². The van der Waals surface area contributed by atoms with Crippen LogP contribution < -0.4 is 5.32 Å². The number of para-hydroxylation sites is 1. The van der Waals surface area contributed by atoms with Crippen LogP contribution in [-0.2, 0) is 11.2 Å². The molecule has 0 aromatic heterocycles. The van der Waals surface area contributed by atoms with Crippen molar-refractivity contribution in [3.63, 3.8) is 0 Å². The number of anilines is 1. The van der Waals surface area contributed by atoms with Crippen molar-refractivity contribution in [2.45, 2.75) is 13.3 Å². The van der Waals surface area contributed by atoms with Crippen molar-refractivity contribution in [1.29, 1.82) is 0 Å². The van der Waals surface area contributed by atoms with Crippen LogP contribution in [0.1, 0.15) is 22.8 Å². The molecular formula is C25H27N3O2. The molecule has 1 saturated heterocycles. The lowest BCUT2D eigenvalue weighted by Gasteiger charge is -2.34. The van der Waals surface area contributed by atoms with E-state index in [-0.39, 0.29) is 11.8 Å². The topological polar surface area (TPSA) is 52.7 Å². The molecular weight excluding hydrogens is 374 g/mol. The first-order chi connectivity index (χ1) is 14.7. The summed E-state index contributed by atoms with van der Waals surface area (Å²) in [7, 11) is 0. The van der Waals surface area contributed by atoms with Crippen LogP contribution >= 0.6 is 0 Å². The molecule has 5 nitrogen and oxygen atoms in total. The summed E-state index contributed by atoms with van der Waals surface area (Å²) in [6.07, 6.45) is 0.880. The second kappa shape index (κ2) is 9.09. The Morgan fingerprint density at radius 2 is 1.57 bits per heavy atom. The molecule has 4 rings (SSSR count). The number of rotatable bonds is 5. The number of hydrogen-bond donors (Lipinski definition) is 1. The maximum absolute atomic E-state index is 13.1. The largest absolute Gasteiger partial charge is 0.336 e. The fraction of sp³-hybridized carbons (Fsp3) is 0.280. The maximum Gasteiger partial charge on any atom is 0.254 e. The van der Waals surface area contributed by atoms with Gasteiger partial charge in [-0.3, -0.25) is 14.5 Å². The van der Waals surface area contributed by atoms with E-state index in [0.29, 0.717) is 32.7 Å². The Bertz CT molecular complexity index is 1050. The minimum absolute atomic E-state index is 0.00951. The Morgan fingerprint density at radius 1 is 0.867 bits per heavy atom. The molecule has 0 radical (unpaired) electrons. The van der Waals surface area contributed by atoms with E-state index in [0.717, 1.165) is 34.0 Å². The number of fused-ring (bicyclic) bond motifs is 1. The molecule has 5 heteroatoms. The predicted molar refractivity (Wildman–Crippen MR) is 121 cm³/mol. The van der Waals surface area contributed by atoms with Crippen molar-refractivity contribution in [1.82, 2.24) is 9.80 Å². The number of hydrogen-bond acceptors (Lipinski definition) is 3. The zero-order valence-corrected chi connectivity index (χ0v) is 17.3. The van der Waals surface area contributed by atoms with Gasteiger partial charge in [-0.15, -0.1) is 0 Å². The lowest BCUT2D eigenvalue weighted by Crippen LogP contribution is -2.50. The zero-order valence-electron chi connectivity index (χ0n) is 17.3. The summed E-state index contributed by atoms with van der Waals surface area (Å²) < 4.78 is 0. The Hall–Kier alpha value is -3.18. The van der Waals surface area contributed by atoms with Gasteiger partial charge in [0.2, 0.25) is 5.91 Å². The Labute approximate surface area is 177 Å². The highest BCUT2D eigenvalue weighted by molar-refractivity contribution is 6.07. The van der Waals surface area contributed by atoms with Crippen LogP contribution in [0, 0.1) is 0 Å². The molecule has 1 fully saturated rings.